The maximum atomic E-state index is 13.4. The molecule has 1 amide bonds. The molecule has 1 unspecified atom stereocenters. The van der Waals surface area contributed by atoms with E-state index in [9.17, 15) is 14.4 Å². The molecule has 3 heterocycles. The van der Waals surface area contributed by atoms with E-state index in [-0.39, 0.29) is 35.0 Å². The number of allylic oxidation sites excluding steroid dienone is 4. The zero-order valence-electron chi connectivity index (χ0n) is 15.2. The topological polar surface area (TPSA) is 106 Å². The monoisotopic (exact) mass is 409 g/mol. The summed E-state index contributed by atoms with van der Waals surface area (Å²) in [4.78, 5) is 47.1. The van der Waals surface area contributed by atoms with Gasteiger partial charge in [-0.15, -0.1) is 0 Å². The number of hydrogen-bond acceptors (Lipinski definition) is 6. The van der Waals surface area contributed by atoms with Crippen molar-refractivity contribution in [1.82, 2.24) is 19.9 Å². The number of carbonyl (C=O) groups excluding carboxylic acids is 2. The minimum Gasteiger partial charge on any atom is -0.336 e. The van der Waals surface area contributed by atoms with Gasteiger partial charge in [-0.25, -0.2) is 9.97 Å². The van der Waals surface area contributed by atoms with E-state index in [4.69, 9.17) is 11.6 Å². The van der Waals surface area contributed by atoms with E-state index in [1.165, 1.54) is 18.6 Å². The average molecular weight is 410 g/mol. The fourth-order valence-electron chi connectivity index (χ4n) is 3.47. The number of nitrogens with one attached hydrogen (secondary N) is 2. The molecular formula is C20H16ClN5O3. The predicted molar refractivity (Wildman–Crippen MR) is 108 cm³/mol. The summed E-state index contributed by atoms with van der Waals surface area (Å²) < 4.78 is 1.14. The van der Waals surface area contributed by atoms with Crippen LogP contribution in [0.1, 0.15) is 23.3 Å². The van der Waals surface area contributed by atoms with Crippen LogP contribution in [0, 0.1) is 0 Å². The number of halogens is 1. The molecule has 0 bridgehead atoms. The molecule has 9 heteroatoms. The quantitative estimate of drug-likeness (QED) is 0.789. The summed E-state index contributed by atoms with van der Waals surface area (Å²) in [5.74, 6) is -0.562. The Labute approximate surface area is 170 Å². The molecule has 0 fully saturated rings. The van der Waals surface area contributed by atoms with Gasteiger partial charge in [0.2, 0.25) is 0 Å². The fourth-order valence-corrected chi connectivity index (χ4v) is 3.75. The van der Waals surface area contributed by atoms with Crippen LogP contribution in [-0.2, 0) is 10.5 Å². The van der Waals surface area contributed by atoms with Crippen LogP contribution in [0.3, 0.4) is 0 Å². The highest BCUT2D eigenvalue weighted by Crippen LogP contribution is 2.35. The molecule has 2 N–H and O–H groups in total. The van der Waals surface area contributed by atoms with Gasteiger partial charge < -0.3 is 10.6 Å². The number of rotatable bonds is 2. The highest BCUT2D eigenvalue weighted by molar-refractivity contribution is 6.34. The molecule has 146 valence electrons. The standard InChI is InChI=1S/C20H16ClN5O3/c1-12-5-3-2-4-6-15(27)20(10-12)25-18(28)17-13(21)9-14(19(29)26(17)20)24-16-7-8-22-11-23-16/h2-5,7-9,11H,1,6,10H2,(H,25,28)(H,22,23,24)/b4-2-,5-3-. The maximum Gasteiger partial charge on any atom is 0.277 e. The number of carbonyl (C=O) groups is 2. The second-order valence-corrected chi connectivity index (χ2v) is 7.09. The van der Waals surface area contributed by atoms with Crippen LogP contribution in [0.25, 0.3) is 0 Å². The summed E-state index contributed by atoms with van der Waals surface area (Å²) >= 11 is 6.34. The van der Waals surface area contributed by atoms with Crippen LogP contribution in [-0.4, -0.2) is 26.2 Å². The van der Waals surface area contributed by atoms with Gasteiger partial charge >= 0.3 is 0 Å². The van der Waals surface area contributed by atoms with Gasteiger partial charge in [-0.3, -0.25) is 19.0 Å². The van der Waals surface area contributed by atoms with Crippen molar-refractivity contribution in [2.45, 2.75) is 18.5 Å². The van der Waals surface area contributed by atoms with Gasteiger partial charge in [0.05, 0.1) is 5.02 Å². The van der Waals surface area contributed by atoms with Crippen molar-refractivity contribution in [2.24, 2.45) is 0 Å². The Hall–Kier alpha value is -3.52. The molecule has 0 saturated carbocycles. The van der Waals surface area contributed by atoms with Gasteiger partial charge in [0.15, 0.2) is 11.4 Å². The van der Waals surface area contributed by atoms with E-state index in [0.717, 1.165) is 4.57 Å². The van der Waals surface area contributed by atoms with Gasteiger partial charge in [-0.2, -0.15) is 0 Å². The minimum absolute atomic E-state index is 0.0327. The predicted octanol–water partition coefficient (Wildman–Crippen LogP) is 2.46. The van der Waals surface area contributed by atoms with Gasteiger partial charge in [-0.1, -0.05) is 48.1 Å². The molecule has 2 aliphatic rings. The van der Waals surface area contributed by atoms with Crippen LogP contribution < -0.4 is 16.2 Å². The lowest BCUT2D eigenvalue weighted by atomic mass is 9.94. The first-order chi connectivity index (χ1) is 13.9. The van der Waals surface area contributed by atoms with Crippen molar-refractivity contribution in [1.29, 1.82) is 0 Å². The molecule has 0 saturated heterocycles. The summed E-state index contributed by atoms with van der Waals surface area (Å²) in [5.41, 5.74) is -1.58. The summed E-state index contributed by atoms with van der Waals surface area (Å²) in [6, 6.07) is 2.93. The van der Waals surface area contributed by atoms with Crippen molar-refractivity contribution in [3.63, 3.8) is 0 Å². The third kappa shape index (κ3) is 3.17. The summed E-state index contributed by atoms with van der Waals surface area (Å²) in [6.07, 6.45) is 9.79. The van der Waals surface area contributed by atoms with Gasteiger partial charge in [-0.05, 0) is 12.1 Å². The Balaban J connectivity index is 1.92. The third-order valence-electron chi connectivity index (χ3n) is 4.74. The number of ketones is 1. The second kappa shape index (κ2) is 7.14. The number of nitrogens with zero attached hydrogens (tertiary/aromatic N) is 3. The van der Waals surface area contributed by atoms with Gasteiger partial charge in [0.1, 0.15) is 23.5 Å². The van der Waals surface area contributed by atoms with Gasteiger partial charge in [0.25, 0.3) is 11.5 Å². The Morgan fingerprint density at radius 3 is 2.86 bits per heavy atom. The minimum atomic E-state index is -1.60. The third-order valence-corrected chi connectivity index (χ3v) is 5.03. The number of pyridine rings is 1. The largest absolute Gasteiger partial charge is 0.336 e. The van der Waals surface area contributed by atoms with Crippen molar-refractivity contribution in [3.8, 4) is 0 Å². The lowest BCUT2D eigenvalue weighted by Crippen LogP contribution is -2.53. The van der Waals surface area contributed by atoms with Crippen LogP contribution in [0.2, 0.25) is 5.02 Å². The van der Waals surface area contributed by atoms with Crippen LogP contribution in [0.4, 0.5) is 11.5 Å². The number of hydrogen-bond donors (Lipinski definition) is 2. The van der Waals surface area contributed by atoms with Crippen molar-refractivity contribution < 1.29 is 9.59 Å². The van der Waals surface area contributed by atoms with Crippen molar-refractivity contribution >= 4 is 34.8 Å². The fraction of sp³-hybridized carbons (Fsp3) is 0.150. The number of fused-ring (bicyclic) bond motifs is 2. The first-order valence-corrected chi connectivity index (χ1v) is 9.16. The molecule has 2 aromatic rings. The van der Waals surface area contributed by atoms with Crippen LogP contribution in [0.15, 0.2) is 65.9 Å². The first kappa shape index (κ1) is 18.8. The first-order valence-electron chi connectivity index (χ1n) is 8.78. The molecule has 29 heavy (non-hydrogen) atoms. The Kier molecular flexibility index (Phi) is 4.63. The molecular weight excluding hydrogens is 394 g/mol. The van der Waals surface area contributed by atoms with Gasteiger partial charge in [0, 0.05) is 19.0 Å². The molecule has 0 radical (unpaired) electrons. The maximum absolute atomic E-state index is 13.4. The molecule has 1 aliphatic carbocycles. The van der Waals surface area contributed by atoms with E-state index >= 15 is 0 Å². The van der Waals surface area contributed by atoms with E-state index in [0.29, 0.717) is 11.4 Å². The summed E-state index contributed by atoms with van der Waals surface area (Å²) in [6.45, 7) is 3.95. The lowest BCUT2D eigenvalue weighted by molar-refractivity contribution is -0.127. The van der Waals surface area contributed by atoms with E-state index in [1.54, 1.807) is 30.4 Å². The van der Waals surface area contributed by atoms with E-state index in [2.05, 4.69) is 27.2 Å². The number of amides is 1. The second-order valence-electron chi connectivity index (χ2n) is 6.68. The Morgan fingerprint density at radius 1 is 1.28 bits per heavy atom. The van der Waals surface area contributed by atoms with Crippen LogP contribution in [0.5, 0.6) is 0 Å². The molecule has 0 aromatic carbocycles. The highest BCUT2D eigenvalue weighted by atomic mass is 35.5. The van der Waals surface area contributed by atoms with Crippen LogP contribution >= 0.6 is 11.6 Å². The van der Waals surface area contributed by atoms with E-state index in [1.807, 2.05) is 0 Å². The summed E-state index contributed by atoms with van der Waals surface area (Å²) in [7, 11) is 0. The zero-order chi connectivity index (χ0) is 20.6. The van der Waals surface area contributed by atoms with Crippen molar-refractivity contribution in [3.05, 3.63) is 82.2 Å². The average Bonchev–Trinajstić information content (AvgIpc) is 3.02. The number of anilines is 2. The number of aromatic nitrogens is 3. The Morgan fingerprint density at radius 2 is 2.10 bits per heavy atom. The molecule has 8 nitrogen and oxygen atoms in total. The SMILES string of the molecule is C=C1/C=C\C=C/CC(=O)C2(C1)NC(=O)c1c(Cl)cc(Nc3ccncn3)c(=O)n12. The number of Topliss-reactive ketones (excluding diaryl/α,β-unsaturated/α-hetero) is 1. The molecule has 1 aliphatic heterocycles. The smallest absolute Gasteiger partial charge is 0.277 e. The summed E-state index contributed by atoms with van der Waals surface area (Å²) in [5, 5.41) is 5.61. The lowest BCUT2D eigenvalue weighted by Gasteiger charge is -2.30. The highest BCUT2D eigenvalue weighted by Gasteiger charge is 2.50. The Bertz CT molecular complexity index is 1150. The van der Waals surface area contributed by atoms with Crippen molar-refractivity contribution in [2.75, 3.05) is 5.32 Å². The molecule has 2 aromatic heterocycles. The molecule has 1 spiro atoms. The molecule has 1 atom stereocenters. The molecule has 4 rings (SSSR count). The van der Waals surface area contributed by atoms with E-state index < -0.39 is 17.1 Å². The zero-order valence-corrected chi connectivity index (χ0v) is 15.9. The normalized spacial score (nSPS) is 23.0.